The van der Waals surface area contributed by atoms with Crippen LogP contribution in [0.15, 0.2) is 53.4 Å². The van der Waals surface area contributed by atoms with E-state index in [1.165, 1.54) is 43.3 Å². The Kier molecular flexibility index (Phi) is 5.30. The second-order valence-electron chi connectivity index (χ2n) is 4.84. The van der Waals surface area contributed by atoms with Crippen LogP contribution in [0.25, 0.3) is 0 Å². The molecule has 0 saturated heterocycles. The predicted octanol–water partition coefficient (Wildman–Crippen LogP) is 1.69. The standard InChI is InChI=1S/C16H15FN2O4S/c1-2-24(22,23)14-9-5-12(6-10-14)16(21)19-18-15(20)11-3-7-13(17)8-4-11/h3-10H,2H2,1H3,(H,18,20)(H,19,21). The summed E-state index contributed by atoms with van der Waals surface area (Å²) in [5, 5.41) is 0. The summed E-state index contributed by atoms with van der Waals surface area (Å²) < 4.78 is 36.2. The number of hydrogen-bond donors (Lipinski definition) is 2. The number of rotatable bonds is 4. The van der Waals surface area contributed by atoms with Crippen LogP contribution in [-0.2, 0) is 9.84 Å². The van der Waals surface area contributed by atoms with Crippen molar-refractivity contribution in [2.45, 2.75) is 11.8 Å². The second-order valence-corrected chi connectivity index (χ2v) is 7.12. The van der Waals surface area contributed by atoms with Crippen molar-refractivity contribution in [3.05, 3.63) is 65.5 Å². The lowest BCUT2D eigenvalue weighted by Gasteiger charge is -2.08. The minimum atomic E-state index is -3.34. The largest absolute Gasteiger partial charge is 0.269 e. The highest BCUT2D eigenvalue weighted by Gasteiger charge is 2.13. The summed E-state index contributed by atoms with van der Waals surface area (Å²) in [6.07, 6.45) is 0. The lowest BCUT2D eigenvalue weighted by molar-refractivity contribution is 0.0846. The van der Waals surface area contributed by atoms with E-state index in [1.807, 2.05) is 0 Å². The first-order valence-corrected chi connectivity index (χ1v) is 8.68. The van der Waals surface area contributed by atoms with Gasteiger partial charge in [-0.25, -0.2) is 12.8 Å². The number of sulfone groups is 1. The molecule has 0 atom stereocenters. The van der Waals surface area contributed by atoms with Gasteiger partial charge in [0, 0.05) is 11.1 Å². The molecule has 0 aromatic heterocycles. The highest BCUT2D eigenvalue weighted by Crippen LogP contribution is 2.12. The zero-order chi connectivity index (χ0) is 17.7. The van der Waals surface area contributed by atoms with Crippen molar-refractivity contribution in [3.8, 4) is 0 Å². The Morgan fingerprint density at radius 3 is 1.71 bits per heavy atom. The fraction of sp³-hybridized carbons (Fsp3) is 0.125. The number of carbonyl (C=O) groups excluding carboxylic acids is 2. The summed E-state index contributed by atoms with van der Waals surface area (Å²) in [5.74, 6) is -1.72. The molecule has 0 bridgehead atoms. The van der Waals surface area contributed by atoms with Crippen LogP contribution >= 0.6 is 0 Å². The van der Waals surface area contributed by atoms with Gasteiger partial charge in [0.15, 0.2) is 9.84 Å². The Morgan fingerprint density at radius 2 is 1.29 bits per heavy atom. The molecule has 0 radical (unpaired) electrons. The Morgan fingerprint density at radius 1 is 0.875 bits per heavy atom. The van der Waals surface area contributed by atoms with Crippen molar-refractivity contribution < 1.29 is 22.4 Å². The maximum absolute atomic E-state index is 12.8. The summed E-state index contributed by atoms with van der Waals surface area (Å²) >= 11 is 0. The third kappa shape index (κ3) is 4.17. The average molecular weight is 350 g/mol. The molecule has 0 heterocycles. The van der Waals surface area contributed by atoms with Crippen LogP contribution < -0.4 is 10.9 Å². The molecule has 2 aromatic carbocycles. The van der Waals surface area contributed by atoms with Gasteiger partial charge in [-0.2, -0.15) is 0 Å². The van der Waals surface area contributed by atoms with E-state index in [1.54, 1.807) is 0 Å². The maximum atomic E-state index is 12.8. The van der Waals surface area contributed by atoms with Gasteiger partial charge in [-0.3, -0.25) is 20.4 Å². The van der Waals surface area contributed by atoms with E-state index in [-0.39, 0.29) is 21.8 Å². The van der Waals surface area contributed by atoms with E-state index in [0.717, 1.165) is 12.1 Å². The molecule has 0 aliphatic rings. The summed E-state index contributed by atoms with van der Waals surface area (Å²) in [6, 6.07) is 10.2. The van der Waals surface area contributed by atoms with Gasteiger partial charge < -0.3 is 0 Å². The lowest BCUT2D eigenvalue weighted by Crippen LogP contribution is -2.41. The third-order valence-corrected chi connectivity index (χ3v) is 5.00. The molecule has 2 rings (SSSR count). The van der Waals surface area contributed by atoms with Gasteiger partial charge >= 0.3 is 0 Å². The van der Waals surface area contributed by atoms with Crippen LogP contribution in [-0.4, -0.2) is 26.0 Å². The van der Waals surface area contributed by atoms with Crippen LogP contribution in [0.2, 0.25) is 0 Å². The Bertz CT molecular complexity index is 847. The molecule has 0 aliphatic carbocycles. The molecule has 8 heteroatoms. The third-order valence-electron chi connectivity index (χ3n) is 3.25. The van der Waals surface area contributed by atoms with Gasteiger partial charge in [0.1, 0.15) is 5.82 Å². The van der Waals surface area contributed by atoms with Crippen molar-refractivity contribution in [1.29, 1.82) is 0 Å². The number of hydrogen-bond acceptors (Lipinski definition) is 4. The SMILES string of the molecule is CCS(=O)(=O)c1ccc(C(=O)NNC(=O)c2ccc(F)cc2)cc1. The zero-order valence-corrected chi connectivity index (χ0v) is 13.6. The molecule has 24 heavy (non-hydrogen) atoms. The molecule has 2 amide bonds. The van der Waals surface area contributed by atoms with E-state index >= 15 is 0 Å². The van der Waals surface area contributed by atoms with Crippen molar-refractivity contribution in [2.75, 3.05) is 5.75 Å². The van der Waals surface area contributed by atoms with E-state index < -0.39 is 27.5 Å². The summed E-state index contributed by atoms with van der Waals surface area (Å²) in [5.41, 5.74) is 4.76. The quantitative estimate of drug-likeness (QED) is 0.821. The van der Waals surface area contributed by atoms with Crippen LogP contribution in [0.1, 0.15) is 27.6 Å². The summed E-state index contributed by atoms with van der Waals surface area (Å²) in [7, 11) is -3.34. The Labute approximate surface area is 138 Å². The molecule has 0 fully saturated rings. The molecular weight excluding hydrogens is 335 g/mol. The van der Waals surface area contributed by atoms with Gasteiger partial charge in [0.05, 0.1) is 10.6 Å². The van der Waals surface area contributed by atoms with Gasteiger partial charge in [-0.05, 0) is 48.5 Å². The normalized spacial score (nSPS) is 10.9. The van der Waals surface area contributed by atoms with Crippen molar-refractivity contribution in [2.24, 2.45) is 0 Å². The molecule has 0 unspecified atom stereocenters. The highest BCUT2D eigenvalue weighted by atomic mass is 32.2. The Hall–Kier alpha value is -2.74. The number of nitrogens with one attached hydrogen (secondary N) is 2. The van der Waals surface area contributed by atoms with Gasteiger partial charge in [-0.15, -0.1) is 0 Å². The number of amides is 2. The van der Waals surface area contributed by atoms with Crippen molar-refractivity contribution in [1.82, 2.24) is 10.9 Å². The van der Waals surface area contributed by atoms with E-state index in [2.05, 4.69) is 10.9 Å². The fourth-order valence-corrected chi connectivity index (χ4v) is 2.72. The van der Waals surface area contributed by atoms with Crippen molar-refractivity contribution in [3.63, 3.8) is 0 Å². The Balaban J connectivity index is 2.00. The van der Waals surface area contributed by atoms with E-state index in [0.29, 0.717) is 0 Å². The average Bonchev–Trinajstić information content (AvgIpc) is 2.60. The first-order chi connectivity index (χ1) is 11.3. The van der Waals surface area contributed by atoms with Gasteiger partial charge in [0.2, 0.25) is 0 Å². The van der Waals surface area contributed by atoms with Gasteiger partial charge in [-0.1, -0.05) is 6.92 Å². The number of benzene rings is 2. The molecule has 2 N–H and O–H groups in total. The molecule has 2 aromatic rings. The molecule has 0 saturated carbocycles. The minimum Gasteiger partial charge on any atom is -0.267 e. The monoisotopic (exact) mass is 350 g/mol. The predicted molar refractivity (Wildman–Crippen MR) is 85.5 cm³/mol. The molecule has 6 nitrogen and oxygen atoms in total. The van der Waals surface area contributed by atoms with Crippen LogP contribution in [0.5, 0.6) is 0 Å². The van der Waals surface area contributed by atoms with Crippen molar-refractivity contribution >= 4 is 21.7 Å². The van der Waals surface area contributed by atoms with E-state index in [9.17, 15) is 22.4 Å². The number of hydrazine groups is 1. The van der Waals surface area contributed by atoms with Crippen LogP contribution in [0.3, 0.4) is 0 Å². The lowest BCUT2D eigenvalue weighted by atomic mass is 10.2. The molecule has 0 spiro atoms. The summed E-state index contributed by atoms with van der Waals surface area (Å²) in [6.45, 7) is 1.53. The number of halogens is 1. The zero-order valence-electron chi connectivity index (χ0n) is 12.7. The highest BCUT2D eigenvalue weighted by molar-refractivity contribution is 7.91. The first kappa shape index (κ1) is 17.6. The minimum absolute atomic E-state index is 0.0354. The topological polar surface area (TPSA) is 92.3 Å². The molecule has 0 aliphatic heterocycles. The summed E-state index contributed by atoms with van der Waals surface area (Å²) in [4.78, 5) is 23.8. The van der Waals surface area contributed by atoms with Crippen LogP contribution in [0.4, 0.5) is 4.39 Å². The number of carbonyl (C=O) groups is 2. The smallest absolute Gasteiger partial charge is 0.267 e. The fourth-order valence-electron chi connectivity index (χ4n) is 1.84. The van der Waals surface area contributed by atoms with E-state index in [4.69, 9.17) is 0 Å². The maximum Gasteiger partial charge on any atom is 0.269 e. The second kappa shape index (κ2) is 7.22. The van der Waals surface area contributed by atoms with Crippen LogP contribution in [0, 0.1) is 5.82 Å². The van der Waals surface area contributed by atoms with Gasteiger partial charge in [0.25, 0.3) is 11.8 Å². The molecular formula is C16H15FN2O4S. The molecule has 126 valence electrons. The first-order valence-electron chi connectivity index (χ1n) is 7.02.